The fourth-order valence-corrected chi connectivity index (χ4v) is 6.44. The van der Waals surface area contributed by atoms with E-state index in [-0.39, 0.29) is 5.75 Å². The van der Waals surface area contributed by atoms with Crippen molar-refractivity contribution in [3.05, 3.63) is 76.7 Å². The van der Waals surface area contributed by atoms with Gasteiger partial charge < -0.3 is 15.7 Å². The number of likely N-dealkylation sites (N-methyl/N-ethyl adjacent to an activating group) is 1. The molecule has 3 aromatic carbocycles. The molecule has 0 saturated carbocycles. The molecule has 2 aliphatic rings. The number of nitrogens with one attached hydrogen (secondary N) is 2. The molecular weight excluding hydrogens is 548 g/mol. The number of hydrogen-bond donors (Lipinski definition) is 4. The highest BCUT2D eigenvalue weighted by Crippen LogP contribution is 2.35. The van der Waals surface area contributed by atoms with Crippen molar-refractivity contribution in [1.29, 1.82) is 0 Å². The number of rotatable bonds is 10. The van der Waals surface area contributed by atoms with Crippen molar-refractivity contribution in [2.45, 2.75) is 31.6 Å². The first-order chi connectivity index (χ1) is 19.0. The molecule has 40 heavy (non-hydrogen) atoms. The highest BCUT2D eigenvalue weighted by atomic mass is 35.5. The number of halogens is 1. The van der Waals surface area contributed by atoms with Crippen LogP contribution in [0, 0.1) is 6.92 Å². The smallest absolute Gasteiger partial charge is 0.384 e. The summed E-state index contributed by atoms with van der Waals surface area (Å²) in [6.45, 7) is 7.26. The van der Waals surface area contributed by atoms with Gasteiger partial charge in [-0.25, -0.2) is 19.2 Å². The lowest BCUT2D eigenvalue weighted by Crippen LogP contribution is -3.06. The van der Waals surface area contributed by atoms with Gasteiger partial charge in [-0.1, -0.05) is 23.7 Å². The van der Waals surface area contributed by atoms with Crippen molar-refractivity contribution in [3.8, 4) is 16.9 Å². The number of likely N-dealkylation sites (tertiary alicyclic amines) is 1. The number of nitrogen functional groups attached to an aromatic ring is 1. The Balaban J connectivity index is 1.24. The van der Waals surface area contributed by atoms with Crippen LogP contribution in [0.1, 0.15) is 25.3 Å². The summed E-state index contributed by atoms with van der Waals surface area (Å²) in [5.41, 5.74) is 15.5. The summed E-state index contributed by atoms with van der Waals surface area (Å²) in [5.74, 6) is 0.933. The van der Waals surface area contributed by atoms with Crippen molar-refractivity contribution >= 4 is 38.7 Å². The van der Waals surface area contributed by atoms with Gasteiger partial charge in [-0.05, 0) is 79.9 Å². The number of sulfonamides is 1. The minimum absolute atomic E-state index is 0.109. The van der Waals surface area contributed by atoms with Crippen LogP contribution in [-0.2, 0) is 10.0 Å². The molecule has 11 heteroatoms. The number of anilines is 2. The Kier molecular flexibility index (Phi) is 8.10. The average Bonchev–Trinajstić information content (AvgIpc) is 3.28. The number of benzene rings is 3. The zero-order chi connectivity index (χ0) is 28.6. The van der Waals surface area contributed by atoms with Crippen LogP contribution in [0.2, 0.25) is 5.02 Å². The molecular formula is C29H36ClN6O3S+. The minimum atomic E-state index is -3.54. The maximum Gasteiger partial charge on any atom is 0.384 e. The van der Waals surface area contributed by atoms with Crippen molar-refractivity contribution in [3.63, 3.8) is 0 Å². The monoisotopic (exact) mass is 583 g/mol. The first kappa shape index (κ1) is 28.4. The molecule has 1 unspecified atom stereocenters. The summed E-state index contributed by atoms with van der Waals surface area (Å²) in [5, 5.41) is 15.4. The van der Waals surface area contributed by atoms with Gasteiger partial charge in [0.15, 0.2) is 0 Å². The van der Waals surface area contributed by atoms with Crippen LogP contribution in [0.15, 0.2) is 71.0 Å². The quantitative estimate of drug-likeness (QED) is 0.271. The Morgan fingerprint density at radius 1 is 1.10 bits per heavy atom. The average molecular weight is 584 g/mol. The predicted molar refractivity (Wildman–Crippen MR) is 156 cm³/mol. The third-order valence-electron chi connectivity index (χ3n) is 7.71. The predicted octanol–water partition coefficient (Wildman–Crippen LogP) is 2.00. The summed E-state index contributed by atoms with van der Waals surface area (Å²) in [4.78, 5) is 2.60. The summed E-state index contributed by atoms with van der Waals surface area (Å²) in [7, 11) is -1.90. The minimum Gasteiger partial charge on any atom is -0.872 e. The molecule has 3 aromatic rings. The summed E-state index contributed by atoms with van der Waals surface area (Å²) >= 11 is 6.38. The van der Waals surface area contributed by atoms with E-state index in [0.29, 0.717) is 27.7 Å². The number of nitrogens with zero attached hydrogens (tertiary/aromatic N) is 2. The lowest BCUT2D eigenvalue weighted by Gasteiger charge is -2.21. The number of aryl methyl sites for hydroxylation is 1. The Labute approximate surface area is 240 Å². The number of hydrogen-bond acceptors (Lipinski definition) is 6. The molecule has 1 fully saturated rings. The number of nitrogens with two attached hydrogens (primary N) is 2. The highest BCUT2D eigenvalue weighted by molar-refractivity contribution is 7.89. The molecule has 0 aromatic heterocycles. The molecule has 212 valence electrons. The topological polar surface area (TPSA) is 123 Å². The van der Waals surface area contributed by atoms with Crippen molar-refractivity contribution in [2.75, 3.05) is 44.4 Å². The zero-order valence-corrected chi connectivity index (χ0v) is 24.6. The normalized spacial score (nSPS) is 17.6. The second-order valence-electron chi connectivity index (χ2n) is 10.5. The van der Waals surface area contributed by atoms with Crippen LogP contribution in [0.4, 0.5) is 17.1 Å². The molecule has 1 saturated heterocycles. The molecule has 0 amide bonds. The van der Waals surface area contributed by atoms with E-state index in [9.17, 15) is 13.5 Å². The molecule has 5 rings (SSSR count). The Bertz CT molecular complexity index is 1550. The van der Waals surface area contributed by atoms with Crippen molar-refractivity contribution in [1.82, 2.24) is 9.21 Å². The molecule has 1 atom stereocenters. The largest absolute Gasteiger partial charge is 0.872 e. The molecule has 0 bridgehead atoms. The van der Waals surface area contributed by atoms with E-state index in [2.05, 4.69) is 10.3 Å². The number of allylic oxidation sites excluding steroid dienone is 1. The maximum atomic E-state index is 13.1. The van der Waals surface area contributed by atoms with E-state index >= 15 is 0 Å². The number of quaternary nitrogens is 2. The van der Waals surface area contributed by atoms with Gasteiger partial charge in [0.25, 0.3) is 5.70 Å². The lowest BCUT2D eigenvalue weighted by atomic mass is 10.0. The van der Waals surface area contributed by atoms with Crippen LogP contribution in [0.5, 0.6) is 5.75 Å². The second kappa shape index (κ2) is 11.4. The molecule has 9 nitrogen and oxygen atoms in total. The SMILES string of the molecule is CC1=C([NH2+]c2ccc(S(=O)(=O)N(C)CCN3CCCC3)cc2)[NH+]1Nc1cc(-c2cc([O-])ccc2Cl)cc(C)c1N. The van der Waals surface area contributed by atoms with Crippen LogP contribution < -0.4 is 26.6 Å². The second-order valence-corrected chi connectivity index (χ2v) is 13.0. The Hall–Kier alpha value is -3.12. The lowest BCUT2D eigenvalue weighted by molar-refractivity contribution is -0.802. The summed E-state index contributed by atoms with van der Waals surface area (Å²) in [6.07, 6.45) is 2.37. The van der Waals surface area contributed by atoms with Gasteiger partial charge in [0, 0.05) is 44.2 Å². The van der Waals surface area contributed by atoms with E-state index in [4.69, 9.17) is 17.3 Å². The first-order valence-corrected chi connectivity index (χ1v) is 15.2. The fourth-order valence-electron chi connectivity index (χ4n) is 5.05. The molecule has 2 heterocycles. The van der Waals surface area contributed by atoms with E-state index in [1.165, 1.54) is 29.3 Å². The standard InChI is InChI=1S/C29H35ClN6O3S/c1-19-16-21(25-18-23(37)8-11-26(25)30)17-27(28(19)31)33-36-20(2)29(36)32-22-6-9-24(10-7-22)40(38,39)34(3)14-15-35-12-4-5-13-35/h6-11,16-18,32-33,37H,4-5,12-15,31H2,1-3H3/p+1. The van der Waals surface area contributed by atoms with E-state index in [0.717, 1.165) is 58.7 Å². The molecule has 2 aliphatic heterocycles. The van der Waals surface area contributed by atoms with Crippen LogP contribution >= 0.6 is 11.6 Å². The van der Waals surface area contributed by atoms with Crippen LogP contribution in [-0.4, -0.2) is 50.8 Å². The molecule has 0 aliphatic carbocycles. The van der Waals surface area contributed by atoms with Gasteiger partial charge in [-0.2, -0.15) is 4.31 Å². The molecule has 0 radical (unpaired) electrons. The van der Waals surface area contributed by atoms with Gasteiger partial charge in [0.2, 0.25) is 10.0 Å². The van der Waals surface area contributed by atoms with Crippen LogP contribution in [0.25, 0.3) is 11.1 Å². The Morgan fingerprint density at radius 2 is 1.80 bits per heavy atom. The highest BCUT2D eigenvalue weighted by Gasteiger charge is 2.46. The Morgan fingerprint density at radius 3 is 2.50 bits per heavy atom. The van der Waals surface area contributed by atoms with Crippen molar-refractivity contribution < 1.29 is 23.9 Å². The third-order valence-corrected chi connectivity index (χ3v) is 9.91. The van der Waals surface area contributed by atoms with Gasteiger partial charge in [0.05, 0.1) is 10.6 Å². The summed E-state index contributed by atoms with van der Waals surface area (Å²) < 4.78 is 27.5. The van der Waals surface area contributed by atoms with Gasteiger partial charge in [0.1, 0.15) is 11.4 Å². The van der Waals surface area contributed by atoms with Crippen LogP contribution in [0.3, 0.4) is 0 Å². The van der Waals surface area contributed by atoms with Gasteiger partial charge >= 0.3 is 5.82 Å². The molecule has 6 N–H and O–H groups in total. The first-order valence-electron chi connectivity index (χ1n) is 13.4. The third kappa shape index (κ3) is 5.97. The van der Waals surface area contributed by atoms with E-state index in [1.807, 2.05) is 43.4 Å². The zero-order valence-electron chi connectivity index (χ0n) is 23.0. The van der Waals surface area contributed by atoms with E-state index < -0.39 is 10.0 Å². The molecule has 0 spiro atoms. The maximum absolute atomic E-state index is 13.1. The van der Waals surface area contributed by atoms with Gasteiger partial charge in [-0.15, -0.1) is 10.8 Å². The van der Waals surface area contributed by atoms with Crippen molar-refractivity contribution in [2.24, 2.45) is 0 Å². The summed E-state index contributed by atoms with van der Waals surface area (Å²) in [6, 6.07) is 15.4. The van der Waals surface area contributed by atoms with E-state index in [1.54, 1.807) is 25.2 Å². The fraction of sp³-hybridized carbons (Fsp3) is 0.310. The van der Waals surface area contributed by atoms with Gasteiger partial charge in [-0.3, -0.25) is 0 Å².